The van der Waals surface area contributed by atoms with E-state index in [0.717, 1.165) is 17.8 Å². The fraction of sp³-hybridized carbons (Fsp3) is 0.385. The van der Waals surface area contributed by atoms with Crippen LogP contribution in [0.5, 0.6) is 5.75 Å². The zero-order valence-electron chi connectivity index (χ0n) is 11.9. The van der Waals surface area contributed by atoms with Gasteiger partial charge in [0.1, 0.15) is 18.0 Å². The summed E-state index contributed by atoms with van der Waals surface area (Å²) < 4.78 is 52.7. The predicted octanol–water partition coefficient (Wildman–Crippen LogP) is 1.49. The van der Waals surface area contributed by atoms with Gasteiger partial charge in [0.2, 0.25) is 0 Å². The van der Waals surface area contributed by atoms with E-state index in [-0.39, 0.29) is 21.8 Å². The van der Waals surface area contributed by atoms with Gasteiger partial charge in [0.25, 0.3) is 0 Å². The molecule has 0 bridgehead atoms. The molecule has 0 radical (unpaired) electrons. The van der Waals surface area contributed by atoms with Crippen LogP contribution in [0.15, 0.2) is 11.0 Å². The first-order valence-corrected chi connectivity index (χ1v) is 7.54. The number of anilines is 1. The molecule has 0 aromatic heterocycles. The van der Waals surface area contributed by atoms with Crippen LogP contribution in [0.2, 0.25) is 0 Å². The van der Waals surface area contributed by atoms with Crippen molar-refractivity contribution in [2.45, 2.75) is 23.5 Å². The van der Waals surface area contributed by atoms with E-state index in [0.29, 0.717) is 5.75 Å². The van der Waals surface area contributed by atoms with E-state index in [1.807, 2.05) is 0 Å². The van der Waals surface area contributed by atoms with Gasteiger partial charge < -0.3 is 15.9 Å². The minimum absolute atomic E-state index is 0.0113. The molecule has 0 saturated carbocycles. The van der Waals surface area contributed by atoms with E-state index in [1.165, 1.54) is 0 Å². The topological polar surface area (TPSA) is 104 Å². The lowest BCUT2D eigenvalue weighted by Gasteiger charge is -2.27. The number of carbonyl (C=O) groups excluding carboxylic acids is 1. The zero-order chi connectivity index (χ0) is 18.2. The highest BCUT2D eigenvalue weighted by molar-refractivity contribution is 7.99. The first kappa shape index (κ1) is 18.3. The van der Waals surface area contributed by atoms with E-state index in [4.69, 9.17) is 10.8 Å². The third kappa shape index (κ3) is 3.56. The summed E-state index contributed by atoms with van der Waals surface area (Å²) in [4.78, 5) is 22.2. The van der Waals surface area contributed by atoms with Crippen molar-refractivity contribution in [3.63, 3.8) is 0 Å². The van der Waals surface area contributed by atoms with Gasteiger partial charge in [0.05, 0.1) is 0 Å². The maximum atomic E-state index is 14.7. The van der Waals surface area contributed by atoms with Crippen LogP contribution in [0.4, 0.5) is 23.2 Å². The Morgan fingerprint density at radius 2 is 2.04 bits per heavy atom. The van der Waals surface area contributed by atoms with Crippen LogP contribution < -0.4 is 10.6 Å². The minimum Gasteiger partial charge on any atom is -0.506 e. The number of aromatic hydroxyl groups is 1. The molecule has 0 unspecified atom stereocenters. The number of carboxylic acid groups (broad SMARTS) is 1. The number of carbonyl (C=O) groups is 2. The maximum Gasteiger partial charge on any atom is 0.471 e. The van der Waals surface area contributed by atoms with Crippen molar-refractivity contribution in [1.29, 1.82) is 0 Å². The fourth-order valence-corrected chi connectivity index (χ4v) is 3.33. The Hall–Kier alpha value is -2.01. The van der Waals surface area contributed by atoms with Crippen molar-refractivity contribution >= 4 is 29.3 Å². The van der Waals surface area contributed by atoms with E-state index in [2.05, 4.69) is 0 Å². The number of alkyl halides is 3. The summed E-state index contributed by atoms with van der Waals surface area (Å²) in [6.45, 7) is -1.46. The second-order valence-electron chi connectivity index (χ2n) is 5.09. The SMILES string of the molecule is N[C@@H]1CSc2cc(O)c(N(CC(=O)O)C(=O)C(F)(F)F)c(F)c2C1. The largest absolute Gasteiger partial charge is 0.506 e. The monoisotopic (exact) mass is 368 g/mol. The number of benzene rings is 1. The molecule has 1 aromatic carbocycles. The third-order valence-corrected chi connectivity index (χ3v) is 4.52. The molecule has 24 heavy (non-hydrogen) atoms. The zero-order valence-corrected chi connectivity index (χ0v) is 12.7. The van der Waals surface area contributed by atoms with Crippen LogP contribution in [0, 0.1) is 5.82 Å². The summed E-state index contributed by atoms with van der Waals surface area (Å²) in [5.74, 6) is -6.20. The molecule has 4 N–H and O–H groups in total. The standard InChI is InChI=1S/C13H12F4N2O4S/c14-10-6-1-5(18)4-24-8(6)2-7(20)11(10)19(3-9(21)22)12(23)13(15,16)17/h2,5,20H,1,3-4,18H2,(H,21,22)/t5-/m0/s1. The number of aliphatic carboxylic acids is 1. The first-order chi connectivity index (χ1) is 11.0. The lowest BCUT2D eigenvalue weighted by molar-refractivity contribution is -0.171. The maximum absolute atomic E-state index is 14.7. The minimum atomic E-state index is -5.44. The van der Waals surface area contributed by atoms with Gasteiger partial charge in [-0.3, -0.25) is 14.5 Å². The molecule has 1 aliphatic heterocycles. The quantitative estimate of drug-likeness (QED) is 0.699. The number of fused-ring (bicyclic) bond motifs is 1. The van der Waals surface area contributed by atoms with Crippen molar-refractivity contribution in [1.82, 2.24) is 0 Å². The van der Waals surface area contributed by atoms with Gasteiger partial charge in [-0.05, 0) is 12.5 Å². The Kier molecular flexibility index (Phi) is 4.95. The fourth-order valence-electron chi connectivity index (χ4n) is 2.28. The second-order valence-corrected chi connectivity index (χ2v) is 6.15. The summed E-state index contributed by atoms with van der Waals surface area (Å²) in [7, 11) is 0. The van der Waals surface area contributed by atoms with Gasteiger partial charge in [-0.2, -0.15) is 13.2 Å². The molecule has 0 saturated heterocycles. The molecule has 1 aliphatic rings. The number of hydrogen-bond acceptors (Lipinski definition) is 5. The molecule has 132 valence electrons. The van der Waals surface area contributed by atoms with Crippen molar-refractivity contribution in [3.05, 3.63) is 17.4 Å². The highest BCUT2D eigenvalue weighted by Gasteiger charge is 2.45. The molecular weight excluding hydrogens is 356 g/mol. The Morgan fingerprint density at radius 1 is 1.42 bits per heavy atom. The summed E-state index contributed by atoms with van der Waals surface area (Å²) in [6, 6.07) is 0.545. The highest BCUT2D eigenvalue weighted by atomic mass is 32.2. The molecule has 0 fully saturated rings. The Balaban J connectivity index is 2.60. The average molecular weight is 368 g/mol. The number of phenols is 1. The number of phenolic OH excluding ortho intramolecular Hbond substituents is 1. The Morgan fingerprint density at radius 3 is 2.58 bits per heavy atom. The molecule has 1 amide bonds. The predicted molar refractivity (Wildman–Crippen MR) is 76.5 cm³/mol. The number of nitrogens with two attached hydrogens (primary N) is 1. The smallest absolute Gasteiger partial charge is 0.471 e. The van der Waals surface area contributed by atoms with E-state index >= 15 is 0 Å². The van der Waals surface area contributed by atoms with Gasteiger partial charge in [0, 0.05) is 22.3 Å². The molecule has 2 rings (SSSR count). The highest BCUT2D eigenvalue weighted by Crippen LogP contribution is 2.42. The van der Waals surface area contributed by atoms with Gasteiger partial charge in [-0.1, -0.05) is 0 Å². The van der Waals surface area contributed by atoms with Gasteiger partial charge in [-0.25, -0.2) is 4.39 Å². The number of carboxylic acids is 1. The number of rotatable bonds is 3. The van der Waals surface area contributed by atoms with Crippen molar-refractivity contribution in [2.75, 3.05) is 17.2 Å². The number of hydrogen-bond donors (Lipinski definition) is 3. The van der Waals surface area contributed by atoms with Gasteiger partial charge in [0.15, 0.2) is 5.82 Å². The van der Waals surface area contributed by atoms with E-state index in [1.54, 1.807) is 0 Å². The van der Waals surface area contributed by atoms with E-state index < -0.39 is 47.9 Å². The third-order valence-electron chi connectivity index (χ3n) is 3.25. The molecule has 11 heteroatoms. The normalized spacial score (nSPS) is 17.3. The summed E-state index contributed by atoms with van der Waals surface area (Å²) in [5.41, 5.74) is 4.51. The van der Waals surface area contributed by atoms with Crippen molar-refractivity contribution in [2.24, 2.45) is 5.73 Å². The van der Waals surface area contributed by atoms with Gasteiger partial charge in [-0.15, -0.1) is 11.8 Å². The molecular formula is C13H12F4N2O4S. The Labute approximate surface area is 137 Å². The lowest BCUT2D eigenvalue weighted by atomic mass is 10.0. The molecule has 0 aliphatic carbocycles. The molecule has 0 spiro atoms. The number of nitrogens with zero attached hydrogens (tertiary/aromatic N) is 1. The number of amides is 1. The number of halogens is 4. The van der Waals surface area contributed by atoms with E-state index in [9.17, 15) is 32.3 Å². The molecule has 1 atom stereocenters. The van der Waals surface area contributed by atoms with Crippen LogP contribution >= 0.6 is 11.8 Å². The van der Waals surface area contributed by atoms with Crippen molar-refractivity contribution < 1.29 is 37.4 Å². The Bertz CT molecular complexity index is 696. The molecule has 6 nitrogen and oxygen atoms in total. The van der Waals surface area contributed by atoms with Crippen LogP contribution in [-0.4, -0.2) is 46.6 Å². The molecule has 1 heterocycles. The van der Waals surface area contributed by atoms with Gasteiger partial charge >= 0.3 is 18.1 Å². The molecule has 1 aromatic rings. The summed E-state index contributed by atoms with van der Waals surface area (Å²) >= 11 is 1.11. The van der Waals surface area contributed by atoms with Crippen LogP contribution in [0.1, 0.15) is 5.56 Å². The lowest BCUT2D eigenvalue weighted by Crippen LogP contribution is -2.44. The van der Waals surface area contributed by atoms with Crippen molar-refractivity contribution in [3.8, 4) is 5.75 Å². The summed E-state index contributed by atoms with van der Waals surface area (Å²) in [5, 5.41) is 18.6. The van der Waals surface area contributed by atoms with Crippen LogP contribution in [0.25, 0.3) is 0 Å². The average Bonchev–Trinajstić information content (AvgIpc) is 2.45. The van der Waals surface area contributed by atoms with Crippen LogP contribution in [-0.2, 0) is 16.0 Å². The number of thioether (sulfide) groups is 1. The second kappa shape index (κ2) is 6.48. The summed E-state index contributed by atoms with van der Waals surface area (Å²) in [6.07, 6.45) is -5.45. The first-order valence-electron chi connectivity index (χ1n) is 6.55. The van der Waals surface area contributed by atoms with Crippen LogP contribution in [0.3, 0.4) is 0 Å².